The molecule has 2 aliphatic heterocycles. The molecule has 15 nitrogen and oxygen atoms in total. The van der Waals surface area contributed by atoms with Gasteiger partial charge in [-0.2, -0.15) is 0 Å². The highest BCUT2D eigenvalue weighted by Crippen LogP contribution is 2.26. The van der Waals surface area contributed by atoms with Gasteiger partial charge < -0.3 is 64.2 Å². The summed E-state index contributed by atoms with van der Waals surface area (Å²) in [6.45, 7) is 2.30. The number of esters is 2. The van der Waals surface area contributed by atoms with Crippen molar-refractivity contribution in [3.8, 4) is 0 Å². The minimum absolute atomic E-state index is 0.138. The van der Waals surface area contributed by atoms with Gasteiger partial charge in [-0.1, -0.05) is 125 Å². The lowest BCUT2D eigenvalue weighted by molar-refractivity contribution is -0.332. The maximum atomic E-state index is 13.0. The molecule has 15 heteroatoms. The normalized spacial score (nSPS) is 26.8. The Labute approximate surface area is 393 Å². The van der Waals surface area contributed by atoms with Crippen LogP contribution in [0.1, 0.15) is 142 Å². The number of hydrogen-bond acceptors (Lipinski definition) is 15. The number of carbonyl (C=O) groups is 2. The molecule has 0 unspecified atom stereocenters. The molecule has 0 aromatic heterocycles. The molecule has 0 aliphatic carbocycles. The second kappa shape index (κ2) is 37.9. The molecule has 2 aliphatic rings. The van der Waals surface area contributed by atoms with Crippen LogP contribution in [0, 0.1) is 0 Å². The summed E-state index contributed by atoms with van der Waals surface area (Å²) in [5, 5.41) is 72.0. The van der Waals surface area contributed by atoms with E-state index in [0.29, 0.717) is 12.8 Å². The fraction of sp³-hybridized carbons (Fsp3) is 0.725. The summed E-state index contributed by atoms with van der Waals surface area (Å²) in [5.41, 5.74) is 0. The molecule has 0 aromatic rings. The Kier molecular flexibility index (Phi) is 33.9. The molecule has 66 heavy (non-hydrogen) atoms. The van der Waals surface area contributed by atoms with Gasteiger partial charge in [-0.3, -0.25) is 9.59 Å². The minimum Gasteiger partial charge on any atom is -0.462 e. The highest BCUT2D eigenvalue weighted by atomic mass is 16.7. The molecule has 0 saturated carbocycles. The lowest BCUT2D eigenvalue weighted by Gasteiger charge is -2.42. The van der Waals surface area contributed by atoms with Crippen LogP contribution in [0.25, 0.3) is 0 Å². The SMILES string of the molecule is CC/C=C\C/C=C\C/C=C/CCCCCCCC(=O)OC[C@H](CO[C@@H]1O[C@H](CO[C@H]2O[C@H](CO)[C@H](O)[C@H](O)[C@H]2O)[C@H](O)[C@H](O)[C@H]1O)OC(=O)CCCCCCC/C=C/C/C=C\C/C=C/CC. The summed E-state index contributed by atoms with van der Waals surface area (Å²) in [7, 11) is 0. The number of aliphatic hydroxyl groups is 7. The summed E-state index contributed by atoms with van der Waals surface area (Å²) >= 11 is 0. The van der Waals surface area contributed by atoms with Crippen LogP contribution in [0.3, 0.4) is 0 Å². The maximum Gasteiger partial charge on any atom is 0.306 e. The van der Waals surface area contributed by atoms with Gasteiger partial charge >= 0.3 is 11.9 Å². The van der Waals surface area contributed by atoms with Crippen LogP contribution in [0.5, 0.6) is 0 Å². The van der Waals surface area contributed by atoms with Crippen molar-refractivity contribution in [2.45, 2.75) is 210 Å². The van der Waals surface area contributed by atoms with Crippen LogP contribution in [0.4, 0.5) is 0 Å². The van der Waals surface area contributed by atoms with Crippen molar-refractivity contribution in [1.82, 2.24) is 0 Å². The van der Waals surface area contributed by atoms with Gasteiger partial charge in [-0.15, -0.1) is 0 Å². The fourth-order valence-electron chi connectivity index (χ4n) is 7.18. The van der Waals surface area contributed by atoms with E-state index in [9.17, 15) is 45.3 Å². The van der Waals surface area contributed by atoms with Crippen molar-refractivity contribution >= 4 is 11.9 Å². The van der Waals surface area contributed by atoms with Crippen LogP contribution in [-0.2, 0) is 38.0 Å². The lowest BCUT2D eigenvalue weighted by Crippen LogP contribution is -2.61. The molecule has 2 saturated heterocycles. The number of aliphatic hydroxyl groups excluding tert-OH is 7. The van der Waals surface area contributed by atoms with Crippen molar-refractivity contribution in [3.05, 3.63) is 72.9 Å². The van der Waals surface area contributed by atoms with E-state index in [4.69, 9.17) is 28.4 Å². The zero-order valence-electron chi connectivity index (χ0n) is 39.6. The van der Waals surface area contributed by atoms with E-state index in [2.05, 4.69) is 86.8 Å². The van der Waals surface area contributed by atoms with Crippen molar-refractivity contribution in [2.24, 2.45) is 0 Å². The molecule has 0 radical (unpaired) electrons. The third-order valence-corrected chi connectivity index (χ3v) is 11.2. The first kappa shape index (κ1) is 59.1. The molecule has 378 valence electrons. The number of allylic oxidation sites excluding steroid dienone is 12. The molecule has 0 bridgehead atoms. The Morgan fingerprint density at radius 3 is 1.42 bits per heavy atom. The first-order valence-electron chi connectivity index (χ1n) is 24.5. The predicted molar refractivity (Wildman–Crippen MR) is 252 cm³/mol. The Hall–Kier alpha value is -3.06. The van der Waals surface area contributed by atoms with E-state index < -0.39 is 99.3 Å². The number of unbranched alkanes of at least 4 members (excludes halogenated alkanes) is 10. The van der Waals surface area contributed by atoms with Gasteiger partial charge in [0.15, 0.2) is 18.7 Å². The smallest absolute Gasteiger partial charge is 0.306 e. The van der Waals surface area contributed by atoms with Crippen molar-refractivity contribution in [3.63, 3.8) is 0 Å². The number of carbonyl (C=O) groups excluding carboxylic acids is 2. The summed E-state index contributed by atoms with van der Waals surface area (Å²) in [4.78, 5) is 25.7. The van der Waals surface area contributed by atoms with Gasteiger partial charge in [0.2, 0.25) is 0 Å². The molecule has 7 N–H and O–H groups in total. The molecule has 2 heterocycles. The summed E-state index contributed by atoms with van der Waals surface area (Å²) in [6.07, 6.45) is 26.5. The first-order chi connectivity index (χ1) is 32.0. The van der Waals surface area contributed by atoms with E-state index in [0.717, 1.165) is 103 Å². The van der Waals surface area contributed by atoms with Crippen molar-refractivity contribution in [2.75, 3.05) is 26.4 Å². The Bertz CT molecular complexity index is 1430. The summed E-state index contributed by atoms with van der Waals surface area (Å²) < 4.78 is 33.5. The quantitative estimate of drug-likeness (QED) is 0.0209. The molecular formula is C51H84O15. The highest BCUT2D eigenvalue weighted by Gasteiger charge is 2.47. The Morgan fingerprint density at radius 1 is 0.485 bits per heavy atom. The summed E-state index contributed by atoms with van der Waals surface area (Å²) in [6, 6.07) is 0. The lowest BCUT2D eigenvalue weighted by atomic mass is 9.98. The minimum atomic E-state index is -1.77. The maximum absolute atomic E-state index is 13.0. The molecule has 0 spiro atoms. The Morgan fingerprint density at radius 2 is 0.909 bits per heavy atom. The molecule has 11 atom stereocenters. The average molecular weight is 937 g/mol. The second-order valence-corrected chi connectivity index (χ2v) is 16.9. The van der Waals surface area contributed by atoms with Gasteiger partial charge in [-0.05, 0) is 77.0 Å². The zero-order chi connectivity index (χ0) is 48.2. The molecule has 2 rings (SSSR count). The average Bonchev–Trinajstić information content (AvgIpc) is 3.31. The molecule has 2 fully saturated rings. The Balaban J connectivity index is 1.84. The zero-order valence-corrected chi connectivity index (χ0v) is 39.6. The third kappa shape index (κ3) is 25.9. The van der Waals surface area contributed by atoms with Crippen LogP contribution in [0.15, 0.2) is 72.9 Å². The van der Waals surface area contributed by atoms with E-state index in [1.54, 1.807) is 0 Å². The number of hydrogen-bond donors (Lipinski definition) is 7. The van der Waals surface area contributed by atoms with Gasteiger partial charge in [0, 0.05) is 12.8 Å². The second-order valence-electron chi connectivity index (χ2n) is 16.9. The summed E-state index contributed by atoms with van der Waals surface area (Å²) in [5.74, 6) is -0.973. The van der Waals surface area contributed by atoms with Crippen LogP contribution < -0.4 is 0 Å². The predicted octanol–water partition coefficient (Wildman–Crippen LogP) is 6.26. The van der Waals surface area contributed by atoms with E-state index in [1.807, 2.05) is 0 Å². The molecule has 0 aromatic carbocycles. The number of rotatable bonds is 36. The van der Waals surface area contributed by atoms with E-state index >= 15 is 0 Å². The van der Waals surface area contributed by atoms with Crippen LogP contribution >= 0.6 is 0 Å². The van der Waals surface area contributed by atoms with Gasteiger partial charge in [0.05, 0.1) is 19.8 Å². The van der Waals surface area contributed by atoms with Gasteiger partial charge in [0.1, 0.15) is 55.4 Å². The fourth-order valence-corrected chi connectivity index (χ4v) is 7.18. The topological polar surface area (TPSA) is 231 Å². The third-order valence-electron chi connectivity index (χ3n) is 11.2. The van der Waals surface area contributed by atoms with E-state index in [1.165, 1.54) is 0 Å². The van der Waals surface area contributed by atoms with Gasteiger partial charge in [0.25, 0.3) is 0 Å². The van der Waals surface area contributed by atoms with Crippen LogP contribution in [-0.4, -0.2) is 142 Å². The molecular weight excluding hydrogens is 853 g/mol. The van der Waals surface area contributed by atoms with Gasteiger partial charge in [-0.25, -0.2) is 0 Å². The monoisotopic (exact) mass is 937 g/mol. The van der Waals surface area contributed by atoms with E-state index in [-0.39, 0.29) is 19.4 Å². The first-order valence-corrected chi connectivity index (χ1v) is 24.5. The van der Waals surface area contributed by atoms with Crippen LogP contribution in [0.2, 0.25) is 0 Å². The standard InChI is InChI=1S/C51H84O15/c1-3-5-7-9-11-13-15-17-19-21-23-25-27-29-31-33-42(53)61-36-39(64-43(54)34-32-30-28-26-24-22-20-18-16-14-12-10-8-6-4-2)37-62-50-49(60)47(58)45(56)41(66-50)38-63-51-48(59)46(57)44(55)40(35-52)65-51/h5-8,11-14,17-20,39-41,44-52,55-60H,3-4,9-10,15-16,21-38H2,1-2H3/b7-5-,8-6+,13-11-,14-12-,19-17+,20-18+/t39-,40-,41-,44+,45+,46+,47+,48-,49-,50-,51+/m1/s1. The number of ether oxygens (including phenoxy) is 6. The van der Waals surface area contributed by atoms with Crippen molar-refractivity contribution in [1.29, 1.82) is 0 Å². The largest absolute Gasteiger partial charge is 0.462 e. The molecule has 0 amide bonds. The van der Waals surface area contributed by atoms with Crippen molar-refractivity contribution < 1.29 is 73.8 Å². The highest BCUT2D eigenvalue weighted by molar-refractivity contribution is 5.70.